The average molecular weight is 1340 g/mol. The van der Waals surface area contributed by atoms with Crippen molar-refractivity contribution < 1.29 is 38.2 Å². The highest BCUT2D eigenvalue weighted by Crippen LogP contribution is 2.21. The van der Waals surface area contributed by atoms with E-state index in [0.29, 0.717) is 89.5 Å². The van der Waals surface area contributed by atoms with Crippen molar-refractivity contribution in [1.29, 1.82) is 0 Å². The van der Waals surface area contributed by atoms with Crippen molar-refractivity contribution in [1.82, 2.24) is 21.3 Å². The quantitative estimate of drug-likeness (QED) is 0.0109. The van der Waals surface area contributed by atoms with Crippen molar-refractivity contribution in [2.24, 2.45) is 46.8 Å². The lowest BCUT2D eigenvalue weighted by molar-refractivity contribution is -0.130. The lowest BCUT2D eigenvalue weighted by Crippen LogP contribution is -2.38. The van der Waals surface area contributed by atoms with Crippen molar-refractivity contribution in [2.75, 3.05) is 45.9 Å². The van der Waals surface area contributed by atoms with Crippen LogP contribution in [0.5, 0.6) is 0 Å². The predicted octanol–water partition coefficient (Wildman–Crippen LogP) is 14.1. The first-order valence-corrected chi connectivity index (χ1v) is 35.2. The van der Waals surface area contributed by atoms with Gasteiger partial charge in [0, 0.05) is 51.0 Å². The number of hydrogen-bond donors (Lipinski definition) is 7. The van der Waals surface area contributed by atoms with Crippen LogP contribution in [0.15, 0.2) is 243 Å². The third kappa shape index (κ3) is 38.9. The molecule has 0 aromatic heterocycles. The van der Waals surface area contributed by atoms with E-state index >= 15 is 0 Å². The van der Waals surface area contributed by atoms with Crippen LogP contribution < -0.4 is 38.5 Å². The normalized spacial score (nSPS) is 11.6. The van der Waals surface area contributed by atoms with Crippen LogP contribution >= 0.6 is 0 Å². The van der Waals surface area contributed by atoms with Gasteiger partial charge in [0.2, 0.25) is 11.8 Å². The van der Waals surface area contributed by atoms with Crippen LogP contribution in [0, 0.1) is 29.6 Å². The molecule has 3 atom stereocenters. The molecule has 0 aliphatic heterocycles. The van der Waals surface area contributed by atoms with E-state index in [2.05, 4.69) is 132 Å². The van der Waals surface area contributed by atoms with E-state index in [4.69, 9.17) is 31.4 Å². The van der Waals surface area contributed by atoms with Crippen molar-refractivity contribution >= 4 is 30.5 Å². The molecule has 0 bridgehead atoms. The number of benzene rings is 8. The Bertz CT molecular complexity index is 3220. The second-order valence-corrected chi connectivity index (χ2v) is 25.6. The van der Waals surface area contributed by atoms with Crippen LogP contribution in [0.2, 0.25) is 0 Å². The second kappa shape index (κ2) is 50.9. The Morgan fingerprint density at radius 2 is 0.687 bits per heavy atom. The zero-order chi connectivity index (χ0) is 70.6. The summed E-state index contributed by atoms with van der Waals surface area (Å²) >= 11 is 0. The minimum atomic E-state index is -0.400. The zero-order valence-electron chi connectivity index (χ0n) is 58.4. The summed E-state index contributed by atoms with van der Waals surface area (Å²) in [4.78, 5) is 58.8. The lowest BCUT2D eigenvalue weighted by Gasteiger charge is -2.18. The Balaban J connectivity index is 0.000000248. The zero-order valence-corrected chi connectivity index (χ0v) is 58.4. The van der Waals surface area contributed by atoms with Crippen molar-refractivity contribution in [3.05, 3.63) is 287 Å². The van der Waals surface area contributed by atoms with Gasteiger partial charge in [0.15, 0.2) is 0 Å². The van der Waals surface area contributed by atoms with E-state index < -0.39 is 6.09 Å². The number of carbonyl (C=O) groups is 5. The molecule has 0 aliphatic rings. The number of rotatable bonds is 39. The maximum atomic E-state index is 12.8. The molecule has 0 heterocycles. The van der Waals surface area contributed by atoms with E-state index in [1.54, 1.807) is 0 Å². The molecular formula is C84H109N7O8. The topological polar surface area (TPSA) is 239 Å². The maximum absolute atomic E-state index is 12.8. The van der Waals surface area contributed by atoms with Gasteiger partial charge in [0.05, 0.1) is 6.61 Å². The first-order valence-electron chi connectivity index (χ1n) is 35.2. The molecule has 4 amide bonds. The molecule has 528 valence electrons. The van der Waals surface area contributed by atoms with Crippen molar-refractivity contribution in [3.63, 3.8) is 0 Å². The Morgan fingerprint density at radius 1 is 0.384 bits per heavy atom. The molecule has 15 nitrogen and oxygen atoms in total. The predicted molar refractivity (Wildman–Crippen MR) is 400 cm³/mol. The molecular weight excluding hydrogens is 1230 g/mol. The average Bonchev–Trinajstić information content (AvgIpc) is 1.54. The van der Waals surface area contributed by atoms with E-state index in [9.17, 15) is 24.0 Å². The van der Waals surface area contributed by atoms with Crippen LogP contribution in [0.1, 0.15) is 110 Å². The standard InChI is InChI=1S/C31H38N2O3.C22H31N3O.C17H18O2.C14H22N2O2/c1-25(12-11-19-32-31(35)36-24-28-17-9-4-10-18-28)23-33-30(34)22-29(20-26-13-5-2-6-14-26)21-27-15-7-3-8-16-27;23-13-7-12-21(24)17-25-22(26)16-20(14-18-8-3-1-4-9-18)15-19-10-5-2-6-11-19;18-14-19-13-17(11-15-7-3-1-4-8-15)12-16-9-5-2-6-10-16;1-12(10-15)6-5-9-16-14(17)18-11-13-7-3-2-4-8-13/h2-10,13-18,25,29H,11-12,19-24H2,1H3,(H,32,35)(H,33,34);1-6,8-11,20-21H,7,12-17,23-24H2,(H,25,26);1-10,14,17H,11-13H2;2-4,7-8,12H,5-6,9-11,15H2,1H3,(H,16,17)/t25-;21-;;12-/m00.0/s1. The summed E-state index contributed by atoms with van der Waals surface area (Å²) in [5.41, 5.74) is 26.6. The molecule has 8 aromatic carbocycles. The number of carbonyl (C=O) groups excluding carboxylic acids is 5. The van der Waals surface area contributed by atoms with Crippen LogP contribution in [0.4, 0.5) is 9.59 Å². The Hall–Kier alpha value is -9.41. The summed E-state index contributed by atoms with van der Waals surface area (Å²) in [7, 11) is 0. The van der Waals surface area contributed by atoms with Gasteiger partial charge in [-0.1, -0.05) is 257 Å². The molecule has 8 aromatic rings. The smallest absolute Gasteiger partial charge is 0.407 e. The number of nitrogens with two attached hydrogens (primary N) is 3. The number of ether oxygens (including phenoxy) is 3. The third-order valence-corrected chi connectivity index (χ3v) is 16.7. The summed E-state index contributed by atoms with van der Waals surface area (Å²) in [6, 6.07) is 81.3. The lowest BCUT2D eigenvalue weighted by atomic mass is 9.89. The number of alkyl carbamates (subject to hydrolysis) is 2. The first kappa shape index (κ1) is 80.3. The Labute approximate surface area is 589 Å². The molecule has 0 fully saturated rings. The molecule has 99 heavy (non-hydrogen) atoms. The fraction of sp³-hybridized carbons (Fsp3) is 0.369. The fourth-order valence-electron chi connectivity index (χ4n) is 11.2. The number of nitrogens with one attached hydrogen (secondary N) is 4. The molecule has 10 N–H and O–H groups in total. The Morgan fingerprint density at radius 3 is 1.00 bits per heavy atom. The van der Waals surface area contributed by atoms with E-state index in [1.165, 1.54) is 33.4 Å². The van der Waals surface area contributed by atoms with Crippen LogP contribution in [-0.4, -0.2) is 82.4 Å². The summed E-state index contributed by atoms with van der Waals surface area (Å²) in [5, 5.41) is 11.6. The SMILES string of the molecule is C[C@@H](CCCNC(=O)OCc1ccccc1)CNC(=O)CC(Cc1ccccc1)Cc1ccccc1.C[C@H](CN)CCCNC(=O)OCc1ccccc1.NCCC[C@H](N)CNC(=O)CC(Cc1ccccc1)Cc1ccccc1.O=COCC(Cc1ccccc1)Cc1ccccc1. The molecule has 0 saturated carbocycles. The molecule has 0 aliphatic carbocycles. The summed E-state index contributed by atoms with van der Waals surface area (Å²) < 4.78 is 15.3. The van der Waals surface area contributed by atoms with Crippen molar-refractivity contribution in [2.45, 2.75) is 123 Å². The Kier molecular flexibility index (Phi) is 41.2. The highest BCUT2D eigenvalue weighted by molar-refractivity contribution is 5.76. The maximum Gasteiger partial charge on any atom is 0.407 e. The monoisotopic (exact) mass is 1340 g/mol. The minimum absolute atomic E-state index is 0.0239. The number of amides is 4. The van der Waals surface area contributed by atoms with Crippen LogP contribution in [-0.2, 0) is 80.3 Å². The van der Waals surface area contributed by atoms with Gasteiger partial charge in [-0.3, -0.25) is 14.4 Å². The molecule has 0 spiro atoms. The van der Waals surface area contributed by atoms with Crippen molar-refractivity contribution in [3.8, 4) is 0 Å². The van der Waals surface area contributed by atoms with E-state index in [0.717, 1.165) is 88.2 Å². The second-order valence-electron chi connectivity index (χ2n) is 25.6. The summed E-state index contributed by atoms with van der Waals surface area (Å²) in [6.07, 6.45) is 11.1. The van der Waals surface area contributed by atoms with Gasteiger partial charge in [0.25, 0.3) is 6.47 Å². The van der Waals surface area contributed by atoms with Gasteiger partial charge < -0.3 is 52.7 Å². The highest BCUT2D eigenvalue weighted by Gasteiger charge is 2.19. The fourth-order valence-corrected chi connectivity index (χ4v) is 11.2. The number of hydrogen-bond acceptors (Lipinski definition) is 11. The molecule has 0 saturated heterocycles. The van der Waals surface area contributed by atoms with Crippen LogP contribution in [0.25, 0.3) is 0 Å². The molecule has 0 unspecified atom stereocenters. The van der Waals surface area contributed by atoms with Gasteiger partial charge >= 0.3 is 12.2 Å². The summed E-state index contributed by atoms with van der Waals surface area (Å²) in [5.74, 6) is 1.84. The van der Waals surface area contributed by atoms with Gasteiger partial charge in [-0.15, -0.1) is 0 Å². The van der Waals surface area contributed by atoms with Crippen LogP contribution in [0.3, 0.4) is 0 Å². The third-order valence-electron chi connectivity index (χ3n) is 16.7. The largest absolute Gasteiger partial charge is 0.468 e. The van der Waals surface area contributed by atoms with Gasteiger partial charge in [0.1, 0.15) is 13.2 Å². The molecule has 8 rings (SSSR count). The van der Waals surface area contributed by atoms with E-state index in [-0.39, 0.29) is 42.4 Å². The minimum Gasteiger partial charge on any atom is -0.468 e. The molecule has 0 radical (unpaired) electrons. The van der Waals surface area contributed by atoms with Gasteiger partial charge in [-0.25, -0.2) is 9.59 Å². The molecule has 15 heteroatoms. The van der Waals surface area contributed by atoms with Gasteiger partial charge in [-0.05, 0) is 158 Å². The van der Waals surface area contributed by atoms with Gasteiger partial charge in [-0.2, -0.15) is 0 Å². The first-order chi connectivity index (χ1) is 48.4. The van der Waals surface area contributed by atoms with E-state index in [1.807, 2.05) is 146 Å². The highest BCUT2D eigenvalue weighted by atomic mass is 16.6. The summed E-state index contributed by atoms with van der Waals surface area (Å²) in [6.45, 7) is 9.49.